The molecule has 0 heterocycles. The van der Waals surface area contributed by atoms with Crippen molar-refractivity contribution in [1.29, 1.82) is 0 Å². The molecule has 0 unspecified atom stereocenters. The van der Waals surface area contributed by atoms with Crippen LogP contribution < -0.4 is 0 Å². The minimum Gasteiger partial charge on any atom is -0.373 e. The molecule has 0 saturated carbocycles. The van der Waals surface area contributed by atoms with Crippen molar-refractivity contribution >= 4 is 21.7 Å². The lowest BCUT2D eigenvalue weighted by Crippen LogP contribution is -2.12. The molecule has 15 heavy (non-hydrogen) atoms. The fourth-order valence-corrected chi connectivity index (χ4v) is 1.37. The third-order valence-corrected chi connectivity index (χ3v) is 2.38. The number of hydrogen-bond donors (Lipinski definition) is 0. The summed E-state index contributed by atoms with van der Waals surface area (Å²) in [4.78, 5) is 11.6. The van der Waals surface area contributed by atoms with Gasteiger partial charge in [-0.2, -0.15) is 0 Å². The second-order valence-corrected chi connectivity index (χ2v) is 4.75. The Kier molecular flexibility index (Phi) is 4.99. The van der Waals surface area contributed by atoms with Crippen LogP contribution in [0.3, 0.4) is 0 Å². The molecule has 2 nitrogen and oxygen atoms in total. The van der Waals surface area contributed by atoms with Crippen LogP contribution in [0, 0.1) is 5.92 Å². The fraction of sp³-hybridized carbons (Fsp3) is 0.417. The third-order valence-electron chi connectivity index (χ3n) is 1.85. The smallest absolute Gasteiger partial charge is 0.188 e. The van der Waals surface area contributed by atoms with E-state index in [2.05, 4.69) is 29.8 Å². The summed E-state index contributed by atoms with van der Waals surface area (Å²) in [6.07, 6.45) is 0. The van der Waals surface area contributed by atoms with E-state index in [9.17, 15) is 4.79 Å². The summed E-state index contributed by atoms with van der Waals surface area (Å²) in [7, 11) is 0. The summed E-state index contributed by atoms with van der Waals surface area (Å²) in [6, 6.07) is 7.31. The van der Waals surface area contributed by atoms with Crippen LogP contribution in [-0.4, -0.2) is 19.0 Å². The normalized spacial score (nSPS) is 10.7. The van der Waals surface area contributed by atoms with Gasteiger partial charge in [-0.25, -0.2) is 0 Å². The largest absolute Gasteiger partial charge is 0.373 e. The molecular formula is C12H15BrO2. The summed E-state index contributed by atoms with van der Waals surface area (Å²) in [5.41, 5.74) is 0.696. The number of hydrogen-bond acceptors (Lipinski definition) is 2. The number of rotatable bonds is 5. The topological polar surface area (TPSA) is 26.3 Å². The molecule has 0 radical (unpaired) electrons. The van der Waals surface area contributed by atoms with Crippen molar-refractivity contribution in [3.63, 3.8) is 0 Å². The van der Waals surface area contributed by atoms with E-state index in [0.29, 0.717) is 18.1 Å². The van der Waals surface area contributed by atoms with Gasteiger partial charge in [0, 0.05) is 16.6 Å². The van der Waals surface area contributed by atoms with Gasteiger partial charge in [-0.1, -0.05) is 41.9 Å². The Balaban J connectivity index is 2.43. The van der Waals surface area contributed by atoms with Crippen LogP contribution in [-0.2, 0) is 4.74 Å². The molecule has 3 heteroatoms. The maximum atomic E-state index is 11.6. The molecule has 0 atom stereocenters. The zero-order valence-electron chi connectivity index (χ0n) is 9.00. The molecule has 82 valence electrons. The zero-order chi connectivity index (χ0) is 11.3. The van der Waals surface area contributed by atoms with E-state index >= 15 is 0 Å². The predicted octanol–water partition coefficient (Wildman–Crippen LogP) is 3.30. The van der Waals surface area contributed by atoms with Crippen LogP contribution in [0.4, 0.5) is 0 Å². The van der Waals surface area contributed by atoms with Crippen molar-refractivity contribution in [3.05, 3.63) is 34.3 Å². The van der Waals surface area contributed by atoms with E-state index in [-0.39, 0.29) is 12.4 Å². The van der Waals surface area contributed by atoms with Gasteiger partial charge in [0.2, 0.25) is 0 Å². The Labute approximate surface area is 98.8 Å². The lowest BCUT2D eigenvalue weighted by Gasteiger charge is -2.06. The van der Waals surface area contributed by atoms with E-state index < -0.39 is 0 Å². The van der Waals surface area contributed by atoms with Crippen LogP contribution in [0.1, 0.15) is 24.2 Å². The number of carbonyl (C=O) groups is 1. The summed E-state index contributed by atoms with van der Waals surface area (Å²) in [5, 5.41) is 0. The average Bonchev–Trinajstić information content (AvgIpc) is 2.18. The van der Waals surface area contributed by atoms with Gasteiger partial charge in [-0.15, -0.1) is 0 Å². The standard InChI is InChI=1S/C12H15BrO2/c1-9(2)7-15-8-12(14)10-3-5-11(13)6-4-10/h3-6,9H,7-8H2,1-2H3. The molecule has 0 amide bonds. The first kappa shape index (κ1) is 12.4. The Bertz CT molecular complexity index is 317. The van der Waals surface area contributed by atoms with Gasteiger partial charge >= 0.3 is 0 Å². The molecular weight excluding hydrogens is 256 g/mol. The number of carbonyl (C=O) groups excluding carboxylic acids is 1. The van der Waals surface area contributed by atoms with Crippen LogP contribution in [0.15, 0.2) is 28.7 Å². The predicted molar refractivity (Wildman–Crippen MR) is 64.1 cm³/mol. The van der Waals surface area contributed by atoms with Gasteiger partial charge in [0.25, 0.3) is 0 Å². The second-order valence-electron chi connectivity index (χ2n) is 3.84. The van der Waals surface area contributed by atoms with Gasteiger partial charge in [0.1, 0.15) is 6.61 Å². The van der Waals surface area contributed by atoms with Gasteiger partial charge in [-0.3, -0.25) is 4.79 Å². The Morgan fingerprint density at radius 3 is 2.47 bits per heavy atom. The maximum Gasteiger partial charge on any atom is 0.188 e. The molecule has 0 spiro atoms. The Morgan fingerprint density at radius 1 is 1.33 bits per heavy atom. The molecule has 0 aliphatic carbocycles. The lowest BCUT2D eigenvalue weighted by atomic mass is 10.1. The van der Waals surface area contributed by atoms with Crippen LogP contribution >= 0.6 is 15.9 Å². The Morgan fingerprint density at radius 2 is 1.93 bits per heavy atom. The number of Topliss-reactive ketones (excluding diaryl/α,β-unsaturated/α-hetero) is 1. The number of ketones is 1. The summed E-state index contributed by atoms with van der Waals surface area (Å²) < 4.78 is 6.25. The van der Waals surface area contributed by atoms with Gasteiger partial charge < -0.3 is 4.74 Å². The van der Waals surface area contributed by atoms with Crippen LogP contribution in [0.2, 0.25) is 0 Å². The molecule has 1 aromatic carbocycles. The quantitative estimate of drug-likeness (QED) is 0.768. The van der Waals surface area contributed by atoms with Gasteiger partial charge in [-0.05, 0) is 18.1 Å². The van der Waals surface area contributed by atoms with E-state index in [1.165, 1.54) is 0 Å². The van der Waals surface area contributed by atoms with E-state index in [1.54, 1.807) is 12.1 Å². The highest BCUT2D eigenvalue weighted by atomic mass is 79.9. The average molecular weight is 271 g/mol. The number of halogens is 1. The third kappa shape index (κ3) is 4.58. The highest BCUT2D eigenvalue weighted by molar-refractivity contribution is 9.10. The fourth-order valence-electron chi connectivity index (χ4n) is 1.11. The van der Waals surface area contributed by atoms with Gasteiger partial charge in [0.15, 0.2) is 5.78 Å². The first-order valence-corrected chi connectivity index (χ1v) is 5.75. The lowest BCUT2D eigenvalue weighted by molar-refractivity contribution is 0.0705. The molecule has 1 aromatic rings. The van der Waals surface area contributed by atoms with Crippen molar-refractivity contribution in [2.75, 3.05) is 13.2 Å². The molecule has 0 saturated heterocycles. The summed E-state index contributed by atoms with van der Waals surface area (Å²) in [6.45, 7) is 4.91. The first-order chi connectivity index (χ1) is 7.09. The monoisotopic (exact) mass is 270 g/mol. The zero-order valence-corrected chi connectivity index (χ0v) is 10.6. The Hall–Kier alpha value is -0.670. The van der Waals surface area contributed by atoms with Crippen molar-refractivity contribution in [3.8, 4) is 0 Å². The minimum atomic E-state index is 0.0307. The number of benzene rings is 1. The van der Waals surface area contributed by atoms with Crippen LogP contribution in [0.25, 0.3) is 0 Å². The van der Waals surface area contributed by atoms with Crippen molar-refractivity contribution < 1.29 is 9.53 Å². The molecule has 0 fully saturated rings. The van der Waals surface area contributed by atoms with E-state index in [4.69, 9.17) is 4.74 Å². The molecule has 0 aliphatic rings. The van der Waals surface area contributed by atoms with Gasteiger partial charge in [0.05, 0.1) is 0 Å². The van der Waals surface area contributed by atoms with E-state index in [0.717, 1.165) is 4.47 Å². The summed E-state index contributed by atoms with van der Waals surface area (Å²) >= 11 is 3.32. The highest BCUT2D eigenvalue weighted by Gasteiger charge is 2.05. The van der Waals surface area contributed by atoms with Crippen molar-refractivity contribution in [1.82, 2.24) is 0 Å². The first-order valence-electron chi connectivity index (χ1n) is 4.96. The minimum absolute atomic E-state index is 0.0307. The highest BCUT2D eigenvalue weighted by Crippen LogP contribution is 2.11. The maximum absolute atomic E-state index is 11.6. The van der Waals surface area contributed by atoms with E-state index in [1.807, 2.05) is 12.1 Å². The molecule has 0 bridgehead atoms. The van der Waals surface area contributed by atoms with Crippen molar-refractivity contribution in [2.24, 2.45) is 5.92 Å². The molecule has 0 N–H and O–H groups in total. The SMILES string of the molecule is CC(C)COCC(=O)c1ccc(Br)cc1. The number of ether oxygens (including phenoxy) is 1. The molecule has 0 aliphatic heterocycles. The summed E-state index contributed by atoms with van der Waals surface area (Å²) in [5.74, 6) is 0.492. The molecule has 0 aromatic heterocycles. The molecule has 1 rings (SSSR count). The second kappa shape index (κ2) is 6.03. The van der Waals surface area contributed by atoms with Crippen LogP contribution in [0.5, 0.6) is 0 Å². The van der Waals surface area contributed by atoms with Crippen molar-refractivity contribution in [2.45, 2.75) is 13.8 Å².